The highest BCUT2D eigenvalue weighted by molar-refractivity contribution is 7.24. The van der Waals surface area contributed by atoms with E-state index in [4.69, 9.17) is 16.6 Å². The Morgan fingerprint density at radius 3 is 2.64 bits per heavy atom. The zero-order valence-electron chi connectivity index (χ0n) is 20.3. The van der Waals surface area contributed by atoms with Crippen molar-refractivity contribution in [3.63, 3.8) is 0 Å². The SMILES string of the molecule is CN1CCN(c2ccc3c(=O)c(C(=O)NCCN4CCCC4)c4sc5ccc(Cl)cc5n4c3n2)CC1. The predicted octanol–water partition coefficient (Wildman–Crippen LogP) is 3.29. The summed E-state index contributed by atoms with van der Waals surface area (Å²) in [6.07, 6.45) is 2.40. The van der Waals surface area contributed by atoms with Gasteiger partial charge in [0.1, 0.15) is 16.2 Å². The summed E-state index contributed by atoms with van der Waals surface area (Å²) in [6.45, 7) is 7.11. The highest BCUT2D eigenvalue weighted by Crippen LogP contribution is 2.33. The number of likely N-dealkylation sites (tertiary alicyclic amines) is 1. The molecule has 188 valence electrons. The first-order valence-electron chi connectivity index (χ1n) is 12.5. The summed E-state index contributed by atoms with van der Waals surface area (Å²) in [5, 5.41) is 4.04. The van der Waals surface area contributed by atoms with Crippen LogP contribution < -0.4 is 15.6 Å². The number of hydrogen-bond acceptors (Lipinski definition) is 7. The molecule has 36 heavy (non-hydrogen) atoms. The Bertz CT molecular complexity index is 1520. The molecule has 2 saturated heterocycles. The minimum Gasteiger partial charge on any atom is -0.354 e. The Morgan fingerprint density at radius 1 is 1.08 bits per heavy atom. The number of nitrogens with zero attached hydrogens (tertiary/aromatic N) is 5. The second kappa shape index (κ2) is 9.63. The van der Waals surface area contributed by atoms with Gasteiger partial charge in [-0.2, -0.15) is 0 Å². The standard InChI is InChI=1S/C26H29ClN6O2S/c1-30-12-14-32(15-13-30)21-7-5-18-23(34)22(25(35)28-8-11-31-9-2-3-10-31)26-33(24(18)29-21)19-16-17(27)4-6-20(19)36-26/h4-7,16H,2-3,8-15H2,1H3,(H,28,35). The fourth-order valence-electron chi connectivity index (χ4n) is 5.24. The van der Waals surface area contributed by atoms with Gasteiger partial charge in [0.15, 0.2) is 5.65 Å². The van der Waals surface area contributed by atoms with E-state index in [-0.39, 0.29) is 16.9 Å². The number of piperazine rings is 1. The predicted molar refractivity (Wildman–Crippen MR) is 147 cm³/mol. The third-order valence-electron chi connectivity index (χ3n) is 7.30. The van der Waals surface area contributed by atoms with Gasteiger partial charge >= 0.3 is 0 Å². The molecule has 6 rings (SSSR count). The summed E-state index contributed by atoms with van der Waals surface area (Å²) in [7, 11) is 2.12. The van der Waals surface area contributed by atoms with Crippen LogP contribution in [0, 0.1) is 0 Å². The van der Waals surface area contributed by atoms with Crippen LogP contribution in [0.1, 0.15) is 23.2 Å². The Hall–Kier alpha value is -2.72. The molecule has 0 atom stereocenters. The quantitative estimate of drug-likeness (QED) is 0.432. The first-order valence-corrected chi connectivity index (χ1v) is 13.7. The van der Waals surface area contributed by atoms with Gasteiger partial charge in [0, 0.05) is 44.3 Å². The van der Waals surface area contributed by atoms with Crippen molar-refractivity contribution in [1.29, 1.82) is 0 Å². The van der Waals surface area contributed by atoms with Crippen molar-refractivity contribution in [3.8, 4) is 0 Å². The van der Waals surface area contributed by atoms with Crippen molar-refractivity contribution in [3.05, 3.63) is 51.1 Å². The average molecular weight is 525 g/mol. The average Bonchev–Trinajstić information content (AvgIpc) is 3.52. The Balaban J connectivity index is 1.47. The summed E-state index contributed by atoms with van der Waals surface area (Å²) in [5.74, 6) is 0.507. The number of carbonyl (C=O) groups excluding carboxylic acids is 1. The summed E-state index contributed by atoms with van der Waals surface area (Å²) in [4.78, 5) is 39.6. The lowest BCUT2D eigenvalue weighted by atomic mass is 10.1. The van der Waals surface area contributed by atoms with E-state index >= 15 is 0 Å². The van der Waals surface area contributed by atoms with E-state index in [2.05, 4.69) is 27.1 Å². The fraction of sp³-hybridized carbons (Fsp3) is 0.423. The number of likely N-dealkylation sites (N-methyl/N-ethyl adjacent to an activating group) is 1. The third kappa shape index (κ3) is 4.24. The Kier molecular flexibility index (Phi) is 6.33. The maximum Gasteiger partial charge on any atom is 0.258 e. The molecule has 3 aromatic heterocycles. The van der Waals surface area contributed by atoms with E-state index in [1.165, 1.54) is 24.2 Å². The molecular formula is C26H29ClN6O2S. The molecule has 4 aromatic rings. The molecule has 1 amide bonds. The smallest absolute Gasteiger partial charge is 0.258 e. The van der Waals surface area contributed by atoms with Gasteiger partial charge in [-0.05, 0) is 63.3 Å². The lowest BCUT2D eigenvalue weighted by Gasteiger charge is -2.33. The summed E-state index contributed by atoms with van der Waals surface area (Å²) in [5.41, 5.74) is 1.31. The number of carbonyl (C=O) groups is 1. The molecule has 10 heteroatoms. The summed E-state index contributed by atoms with van der Waals surface area (Å²) < 4.78 is 2.89. The summed E-state index contributed by atoms with van der Waals surface area (Å²) in [6, 6.07) is 9.37. The van der Waals surface area contributed by atoms with Gasteiger partial charge in [-0.1, -0.05) is 11.6 Å². The van der Waals surface area contributed by atoms with Crippen LogP contribution in [0.3, 0.4) is 0 Å². The van der Waals surface area contributed by atoms with Gasteiger partial charge in [0.2, 0.25) is 5.43 Å². The van der Waals surface area contributed by atoms with E-state index < -0.39 is 0 Å². The molecule has 2 aliphatic rings. The van der Waals surface area contributed by atoms with Crippen LogP contribution in [0.5, 0.6) is 0 Å². The number of anilines is 1. The van der Waals surface area contributed by atoms with Crippen molar-refractivity contribution < 1.29 is 4.79 Å². The number of aromatic nitrogens is 2. The molecule has 0 bridgehead atoms. The number of fused-ring (bicyclic) bond motifs is 5. The van der Waals surface area contributed by atoms with E-state index in [1.54, 1.807) is 0 Å². The second-order valence-corrected chi connectivity index (χ2v) is 11.2. The van der Waals surface area contributed by atoms with Gasteiger partial charge in [-0.25, -0.2) is 4.98 Å². The van der Waals surface area contributed by atoms with Crippen molar-refractivity contribution >= 4 is 60.7 Å². The molecule has 1 N–H and O–H groups in total. The van der Waals surface area contributed by atoms with Gasteiger partial charge in [0.05, 0.1) is 15.6 Å². The maximum absolute atomic E-state index is 13.7. The van der Waals surface area contributed by atoms with Gasteiger partial charge in [-0.15, -0.1) is 11.3 Å². The van der Waals surface area contributed by atoms with Crippen molar-refractivity contribution in [1.82, 2.24) is 24.5 Å². The lowest BCUT2D eigenvalue weighted by Crippen LogP contribution is -2.44. The number of rotatable bonds is 5. The molecule has 1 aromatic carbocycles. The lowest BCUT2D eigenvalue weighted by molar-refractivity contribution is 0.0950. The van der Waals surface area contributed by atoms with E-state index in [1.807, 2.05) is 34.7 Å². The third-order valence-corrected chi connectivity index (χ3v) is 8.68. The van der Waals surface area contributed by atoms with E-state index in [0.717, 1.165) is 61.8 Å². The minimum atomic E-state index is -0.334. The van der Waals surface area contributed by atoms with Crippen LogP contribution in [-0.4, -0.2) is 84.5 Å². The molecule has 5 heterocycles. The van der Waals surface area contributed by atoms with Crippen LogP contribution in [0.25, 0.3) is 26.1 Å². The van der Waals surface area contributed by atoms with Gasteiger partial charge in [0.25, 0.3) is 5.91 Å². The molecule has 2 aliphatic heterocycles. The molecule has 2 fully saturated rings. The second-order valence-electron chi connectivity index (χ2n) is 9.69. The number of thiazole rings is 1. The van der Waals surface area contributed by atoms with Crippen LogP contribution in [-0.2, 0) is 0 Å². The molecule has 0 radical (unpaired) electrons. The van der Waals surface area contributed by atoms with Crippen LogP contribution in [0.2, 0.25) is 5.02 Å². The molecule has 0 aliphatic carbocycles. The number of halogens is 1. The van der Waals surface area contributed by atoms with Crippen LogP contribution in [0.4, 0.5) is 5.82 Å². The first kappa shape index (κ1) is 23.7. The molecule has 0 saturated carbocycles. The number of nitrogens with one attached hydrogen (secondary N) is 1. The first-order chi connectivity index (χ1) is 17.5. The number of amides is 1. The van der Waals surface area contributed by atoms with E-state index in [0.29, 0.717) is 27.4 Å². The fourth-order valence-corrected chi connectivity index (χ4v) is 6.56. The van der Waals surface area contributed by atoms with Crippen molar-refractivity contribution in [2.45, 2.75) is 12.8 Å². The molecular weight excluding hydrogens is 496 g/mol. The van der Waals surface area contributed by atoms with Crippen LogP contribution in [0.15, 0.2) is 35.1 Å². The van der Waals surface area contributed by atoms with Gasteiger partial charge < -0.3 is 20.0 Å². The van der Waals surface area contributed by atoms with Crippen molar-refractivity contribution in [2.24, 2.45) is 0 Å². The number of benzene rings is 1. The summed E-state index contributed by atoms with van der Waals surface area (Å²) >= 11 is 7.80. The Labute approximate surface area is 218 Å². The minimum absolute atomic E-state index is 0.176. The largest absolute Gasteiger partial charge is 0.354 e. The topological polar surface area (TPSA) is 73.2 Å². The highest BCUT2D eigenvalue weighted by Gasteiger charge is 2.24. The molecule has 8 nitrogen and oxygen atoms in total. The van der Waals surface area contributed by atoms with Gasteiger partial charge in [-0.3, -0.25) is 14.0 Å². The van der Waals surface area contributed by atoms with Crippen molar-refractivity contribution in [2.75, 3.05) is 64.3 Å². The zero-order valence-corrected chi connectivity index (χ0v) is 21.9. The molecule has 0 spiro atoms. The highest BCUT2D eigenvalue weighted by atomic mass is 35.5. The molecule has 0 unspecified atom stereocenters. The zero-order chi connectivity index (χ0) is 24.8. The van der Waals surface area contributed by atoms with E-state index in [9.17, 15) is 9.59 Å². The normalized spacial score (nSPS) is 17.6. The number of pyridine rings is 2. The van der Waals surface area contributed by atoms with Crippen LogP contribution >= 0.6 is 22.9 Å². The monoisotopic (exact) mass is 524 g/mol. The Morgan fingerprint density at radius 2 is 1.86 bits per heavy atom. The maximum atomic E-state index is 13.7. The number of hydrogen-bond donors (Lipinski definition) is 1.